The van der Waals surface area contributed by atoms with E-state index in [0.29, 0.717) is 5.92 Å². The number of carboxylic acid groups (broad SMARTS) is 1. The van der Waals surface area contributed by atoms with Gasteiger partial charge in [-0.15, -0.1) is 0 Å². The van der Waals surface area contributed by atoms with Crippen molar-refractivity contribution < 1.29 is 9.90 Å². The van der Waals surface area contributed by atoms with E-state index < -0.39 is 5.97 Å². The quantitative estimate of drug-likeness (QED) is 0.856. The van der Waals surface area contributed by atoms with Gasteiger partial charge in [0.2, 0.25) is 0 Å². The molecule has 0 radical (unpaired) electrons. The molecule has 2 heterocycles. The van der Waals surface area contributed by atoms with Gasteiger partial charge in [-0.05, 0) is 5.92 Å². The van der Waals surface area contributed by atoms with Gasteiger partial charge in [-0.25, -0.2) is 9.97 Å². The van der Waals surface area contributed by atoms with Gasteiger partial charge in [0, 0.05) is 30.8 Å². The van der Waals surface area contributed by atoms with Crippen LogP contribution in [0.5, 0.6) is 0 Å². The molecular formula is C12H17N3O2. The number of hydrogen-bond donors (Lipinski definition) is 1. The van der Waals surface area contributed by atoms with Gasteiger partial charge < -0.3 is 10.0 Å². The summed E-state index contributed by atoms with van der Waals surface area (Å²) in [6, 6.07) is 1.99. The SMILES string of the molecule is CC(C)c1cc(N2CC(CC(=O)O)C2)ncn1. The minimum absolute atomic E-state index is 0.249. The maximum absolute atomic E-state index is 10.5. The lowest BCUT2D eigenvalue weighted by molar-refractivity contribution is -0.138. The van der Waals surface area contributed by atoms with Crippen LogP contribution in [0.25, 0.3) is 0 Å². The molecule has 1 aromatic heterocycles. The molecule has 5 heteroatoms. The van der Waals surface area contributed by atoms with Crippen LogP contribution in [0, 0.1) is 5.92 Å². The molecule has 1 N–H and O–H groups in total. The fraction of sp³-hybridized carbons (Fsp3) is 0.583. The Morgan fingerprint density at radius 2 is 2.24 bits per heavy atom. The summed E-state index contributed by atoms with van der Waals surface area (Å²) in [5.41, 5.74) is 1.02. The Labute approximate surface area is 100 Å². The van der Waals surface area contributed by atoms with Crippen molar-refractivity contribution in [3.63, 3.8) is 0 Å². The van der Waals surface area contributed by atoms with Gasteiger partial charge in [-0.3, -0.25) is 4.79 Å². The molecule has 0 saturated carbocycles. The average Bonchev–Trinajstić information content (AvgIpc) is 2.22. The van der Waals surface area contributed by atoms with E-state index in [1.165, 1.54) is 0 Å². The van der Waals surface area contributed by atoms with Crippen molar-refractivity contribution in [1.29, 1.82) is 0 Å². The van der Waals surface area contributed by atoms with Crippen LogP contribution in [-0.4, -0.2) is 34.1 Å². The normalized spacial score (nSPS) is 16.1. The lowest BCUT2D eigenvalue weighted by Gasteiger charge is -2.39. The van der Waals surface area contributed by atoms with Gasteiger partial charge in [-0.2, -0.15) is 0 Å². The predicted molar refractivity (Wildman–Crippen MR) is 64.1 cm³/mol. The number of anilines is 1. The Morgan fingerprint density at radius 1 is 1.53 bits per heavy atom. The van der Waals surface area contributed by atoms with Crippen molar-refractivity contribution in [2.24, 2.45) is 5.92 Å². The highest BCUT2D eigenvalue weighted by atomic mass is 16.4. The van der Waals surface area contributed by atoms with Crippen molar-refractivity contribution in [1.82, 2.24) is 9.97 Å². The van der Waals surface area contributed by atoms with Gasteiger partial charge in [0.05, 0.1) is 6.42 Å². The first-order chi connectivity index (χ1) is 8.06. The minimum Gasteiger partial charge on any atom is -0.481 e. The molecule has 17 heavy (non-hydrogen) atoms. The van der Waals surface area contributed by atoms with Gasteiger partial charge >= 0.3 is 5.97 Å². The molecule has 0 amide bonds. The van der Waals surface area contributed by atoms with Gasteiger partial charge in [0.1, 0.15) is 12.1 Å². The monoisotopic (exact) mass is 235 g/mol. The average molecular weight is 235 g/mol. The first-order valence-corrected chi connectivity index (χ1v) is 5.85. The third-order valence-electron chi connectivity index (χ3n) is 3.01. The Morgan fingerprint density at radius 3 is 2.82 bits per heavy atom. The summed E-state index contributed by atoms with van der Waals surface area (Å²) in [4.78, 5) is 21.1. The van der Waals surface area contributed by atoms with Crippen molar-refractivity contribution in [2.75, 3.05) is 18.0 Å². The molecule has 0 unspecified atom stereocenters. The molecule has 2 rings (SSSR count). The molecule has 0 atom stereocenters. The smallest absolute Gasteiger partial charge is 0.303 e. The Kier molecular flexibility index (Phi) is 3.26. The van der Waals surface area contributed by atoms with E-state index in [1.807, 2.05) is 6.07 Å². The van der Waals surface area contributed by atoms with Crippen LogP contribution in [0.15, 0.2) is 12.4 Å². The van der Waals surface area contributed by atoms with E-state index in [1.54, 1.807) is 6.33 Å². The highest BCUT2D eigenvalue weighted by molar-refractivity contribution is 5.67. The summed E-state index contributed by atoms with van der Waals surface area (Å²) in [5.74, 6) is 0.823. The lowest BCUT2D eigenvalue weighted by atomic mass is 9.96. The second-order valence-corrected chi connectivity index (χ2v) is 4.82. The Hall–Kier alpha value is -1.65. The topological polar surface area (TPSA) is 66.3 Å². The first-order valence-electron chi connectivity index (χ1n) is 5.85. The zero-order chi connectivity index (χ0) is 12.4. The van der Waals surface area contributed by atoms with Crippen LogP contribution in [-0.2, 0) is 4.79 Å². The molecule has 1 aromatic rings. The van der Waals surface area contributed by atoms with E-state index in [-0.39, 0.29) is 12.3 Å². The summed E-state index contributed by atoms with van der Waals surface area (Å²) in [7, 11) is 0. The molecule has 5 nitrogen and oxygen atoms in total. The number of aliphatic carboxylic acids is 1. The minimum atomic E-state index is -0.722. The maximum atomic E-state index is 10.5. The zero-order valence-electron chi connectivity index (χ0n) is 10.1. The number of rotatable bonds is 4. The molecule has 1 aliphatic heterocycles. The first kappa shape index (κ1) is 11.8. The molecule has 0 bridgehead atoms. The van der Waals surface area contributed by atoms with E-state index >= 15 is 0 Å². The van der Waals surface area contributed by atoms with Gasteiger partial charge in [0.15, 0.2) is 0 Å². The second-order valence-electron chi connectivity index (χ2n) is 4.82. The number of aromatic nitrogens is 2. The van der Waals surface area contributed by atoms with Crippen molar-refractivity contribution in [2.45, 2.75) is 26.2 Å². The van der Waals surface area contributed by atoms with E-state index in [2.05, 4.69) is 28.7 Å². The van der Waals surface area contributed by atoms with Crippen LogP contribution < -0.4 is 4.90 Å². The number of carbonyl (C=O) groups is 1. The molecule has 1 fully saturated rings. The molecule has 1 aliphatic rings. The highest BCUT2D eigenvalue weighted by Crippen LogP contribution is 2.26. The van der Waals surface area contributed by atoms with E-state index in [9.17, 15) is 4.79 Å². The van der Waals surface area contributed by atoms with Crippen molar-refractivity contribution in [3.8, 4) is 0 Å². The summed E-state index contributed by atoms with van der Waals surface area (Å²) in [6.07, 6.45) is 1.83. The van der Waals surface area contributed by atoms with Gasteiger partial charge in [0.25, 0.3) is 0 Å². The second kappa shape index (κ2) is 4.69. The standard InChI is InChI=1S/C12H17N3O2/c1-8(2)10-4-11(14-7-13-10)15-5-9(6-15)3-12(16)17/h4,7-9H,3,5-6H2,1-2H3,(H,16,17). The third-order valence-corrected chi connectivity index (χ3v) is 3.01. The number of nitrogens with zero attached hydrogens (tertiary/aromatic N) is 3. The fourth-order valence-electron chi connectivity index (χ4n) is 1.98. The Balaban J connectivity index is 1.96. The molecular weight excluding hydrogens is 218 g/mol. The lowest BCUT2D eigenvalue weighted by Crippen LogP contribution is -2.48. The highest BCUT2D eigenvalue weighted by Gasteiger charge is 2.29. The molecule has 0 aromatic carbocycles. The van der Waals surface area contributed by atoms with Crippen LogP contribution in [0.3, 0.4) is 0 Å². The third kappa shape index (κ3) is 2.72. The van der Waals surface area contributed by atoms with Crippen LogP contribution in [0.4, 0.5) is 5.82 Å². The fourth-order valence-corrected chi connectivity index (χ4v) is 1.98. The van der Waals surface area contributed by atoms with Gasteiger partial charge in [-0.1, -0.05) is 13.8 Å². The predicted octanol–water partition coefficient (Wildman–Crippen LogP) is 1.51. The van der Waals surface area contributed by atoms with Crippen molar-refractivity contribution in [3.05, 3.63) is 18.1 Å². The number of carboxylic acids is 1. The Bertz CT molecular complexity index is 414. The van der Waals surface area contributed by atoms with Crippen LogP contribution in [0.1, 0.15) is 31.9 Å². The summed E-state index contributed by atoms with van der Waals surface area (Å²) in [6.45, 7) is 5.74. The van der Waals surface area contributed by atoms with Crippen molar-refractivity contribution >= 4 is 11.8 Å². The largest absolute Gasteiger partial charge is 0.481 e. The molecule has 92 valence electrons. The molecule has 0 aliphatic carbocycles. The summed E-state index contributed by atoms with van der Waals surface area (Å²) < 4.78 is 0. The number of hydrogen-bond acceptors (Lipinski definition) is 4. The van der Waals surface area contributed by atoms with Crippen LogP contribution in [0.2, 0.25) is 0 Å². The molecule has 0 spiro atoms. The zero-order valence-corrected chi connectivity index (χ0v) is 10.1. The van der Waals surface area contributed by atoms with E-state index in [4.69, 9.17) is 5.11 Å². The van der Waals surface area contributed by atoms with Crippen LogP contribution >= 0.6 is 0 Å². The molecule has 1 saturated heterocycles. The summed E-state index contributed by atoms with van der Waals surface area (Å²) in [5, 5.41) is 8.68. The maximum Gasteiger partial charge on any atom is 0.303 e. The summed E-state index contributed by atoms with van der Waals surface area (Å²) >= 11 is 0. The van der Waals surface area contributed by atoms with E-state index in [0.717, 1.165) is 24.6 Å².